The van der Waals surface area contributed by atoms with Crippen LogP contribution in [0.2, 0.25) is 0 Å². The van der Waals surface area contributed by atoms with Crippen molar-refractivity contribution in [2.75, 3.05) is 0 Å². The molecule has 0 fully saturated rings. The van der Waals surface area contributed by atoms with Gasteiger partial charge in [-0.1, -0.05) is 6.07 Å². The molecule has 1 aromatic rings. The van der Waals surface area contributed by atoms with Crippen LogP contribution in [0.1, 0.15) is 12.0 Å². The van der Waals surface area contributed by atoms with E-state index in [0.717, 1.165) is 12.0 Å². The van der Waals surface area contributed by atoms with Crippen molar-refractivity contribution in [2.24, 2.45) is 0 Å². The minimum Gasteiger partial charge on any atom is -0.273 e. The summed E-state index contributed by atoms with van der Waals surface area (Å²) in [5.74, 6) is 0. The smallest absolute Gasteiger partial charge is 0.273 e. The number of benzene rings is 1. The van der Waals surface area contributed by atoms with Crippen molar-refractivity contribution in [3.63, 3.8) is 0 Å². The van der Waals surface area contributed by atoms with Crippen LogP contribution in [0.5, 0.6) is 0 Å². The Morgan fingerprint density at radius 2 is 1.85 bits per heavy atom. The van der Waals surface area contributed by atoms with Gasteiger partial charge >= 0.3 is 26.2 Å². The molecule has 0 spiro atoms. The van der Waals surface area contributed by atoms with E-state index in [1.54, 1.807) is 0 Å². The first-order valence-corrected chi connectivity index (χ1v) is 3.98. The maximum atomic E-state index is 3.72. The molecule has 0 unspecified atom stereocenters. The summed E-state index contributed by atoms with van der Waals surface area (Å²) in [5.41, 5.74) is 1.07. The summed E-state index contributed by atoms with van der Waals surface area (Å²) in [6, 6.07) is 9.87. The Kier molecular flexibility index (Phi) is 7.73. The van der Waals surface area contributed by atoms with Crippen LogP contribution in [-0.4, -0.2) is 0 Å². The second-order valence-electron chi connectivity index (χ2n) is 2.49. The third-order valence-corrected chi connectivity index (χ3v) is 1.43. The van der Waals surface area contributed by atoms with Crippen LogP contribution in [0, 0.1) is 13.0 Å². The van der Waals surface area contributed by atoms with Crippen LogP contribution in [0.25, 0.3) is 0 Å². The molecule has 64 valence electrons. The second-order valence-corrected chi connectivity index (χ2v) is 2.49. The van der Waals surface area contributed by atoms with Gasteiger partial charge in [-0.15, -0.1) is 18.6 Å². The first-order valence-electron chi connectivity index (χ1n) is 3.98. The number of rotatable bonds is 0. The van der Waals surface area contributed by atoms with Crippen molar-refractivity contribution >= 4 is 0 Å². The minimum absolute atomic E-state index is 0. The van der Waals surface area contributed by atoms with Crippen LogP contribution < -0.4 is 0 Å². The Bertz CT molecular complexity index is 250. The number of hydrogen-bond acceptors (Lipinski definition) is 0. The van der Waals surface area contributed by atoms with Crippen LogP contribution >= 0.6 is 0 Å². The minimum atomic E-state index is 0. The van der Waals surface area contributed by atoms with Crippen molar-refractivity contribution in [1.82, 2.24) is 0 Å². The summed E-state index contributed by atoms with van der Waals surface area (Å²) in [5, 5.41) is 0. The van der Waals surface area contributed by atoms with Gasteiger partial charge in [0.05, 0.1) is 0 Å². The SMILES string of the molecule is [C-]1=CC=CC1.[CH2-]c1ccccc1.[Zr+2]. The van der Waals surface area contributed by atoms with E-state index in [4.69, 9.17) is 0 Å². The summed E-state index contributed by atoms with van der Waals surface area (Å²) in [4.78, 5) is 0. The first kappa shape index (κ1) is 12.5. The molecule has 0 aromatic heterocycles. The van der Waals surface area contributed by atoms with E-state index in [0.29, 0.717) is 0 Å². The van der Waals surface area contributed by atoms with Crippen LogP contribution in [0.4, 0.5) is 0 Å². The Balaban J connectivity index is 0.000000215. The van der Waals surface area contributed by atoms with Gasteiger partial charge in [0, 0.05) is 0 Å². The number of hydrogen-bond donors (Lipinski definition) is 0. The summed E-state index contributed by atoms with van der Waals surface area (Å²) in [7, 11) is 0. The van der Waals surface area contributed by atoms with Crippen molar-refractivity contribution in [3.8, 4) is 0 Å². The zero-order valence-electron chi connectivity index (χ0n) is 7.53. The predicted octanol–water partition coefficient (Wildman–Crippen LogP) is 3.17. The molecule has 0 radical (unpaired) electrons. The van der Waals surface area contributed by atoms with E-state index in [1.165, 1.54) is 0 Å². The second kappa shape index (κ2) is 8.07. The maximum Gasteiger partial charge on any atom is 2.00 e. The van der Waals surface area contributed by atoms with E-state index in [-0.39, 0.29) is 26.2 Å². The predicted molar refractivity (Wildman–Crippen MR) is 52.5 cm³/mol. The van der Waals surface area contributed by atoms with E-state index in [9.17, 15) is 0 Å². The summed E-state index contributed by atoms with van der Waals surface area (Å²) >= 11 is 0. The molecule has 0 bridgehead atoms. The summed E-state index contributed by atoms with van der Waals surface area (Å²) < 4.78 is 0. The fraction of sp³-hybridized carbons (Fsp3) is 0.0833. The molecule has 0 N–H and O–H groups in total. The van der Waals surface area contributed by atoms with Gasteiger partial charge in [0.25, 0.3) is 0 Å². The van der Waals surface area contributed by atoms with E-state index >= 15 is 0 Å². The zero-order chi connectivity index (χ0) is 8.65. The average Bonchev–Trinajstić information content (AvgIpc) is 2.62. The molecule has 2 rings (SSSR count). The van der Waals surface area contributed by atoms with Crippen LogP contribution in [-0.2, 0) is 26.2 Å². The molecule has 13 heavy (non-hydrogen) atoms. The molecule has 0 saturated carbocycles. The quantitative estimate of drug-likeness (QED) is 0.618. The van der Waals surface area contributed by atoms with Crippen LogP contribution in [0.15, 0.2) is 48.6 Å². The van der Waals surface area contributed by atoms with Gasteiger partial charge in [-0.05, 0) is 0 Å². The van der Waals surface area contributed by atoms with Crippen molar-refractivity contribution < 1.29 is 26.2 Å². The van der Waals surface area contributed by atoms with Gasteiger partial charge in [0.1, 0.15) is 0 Å². The molecule has 1 aliphatic rings. The maximum absolute atomic E-state index is 3.72. The Hall–Kier alpha value is -0.547. The van der Waals surface area contributed by atoms with Gasteiger partial charge in [0.2, 0.25) is 0 Å². The van der Waals surface area contributed by atoms with Crippen LogP contribution in [0.3, 0.4) is 0 Å². The summed E-state index contributed by atoms with van der Waals surface area (Å²) in [6.45, 7) is 3.72. The van der Waals surface area contributed by atoms with E-state index < -0.39 is 0 Å². The third-order valence-electron chi connectivity index (χ3n) is 1.43. The molecular formula is C12H12Zr. The molecule has 0 saturated heterocycles. The third kappa shape index (κ3) is 6.60. The molecule has 0 amide bonds. The summed E-state index contributed by atoms with van der Waals surface area (Å²) in [6.07, 6.45) is 10.0. The Labute approximate surface area is 99.5 Å². The van der Waals surface area contributed by atoms with Crippen molar-refractivity contribution in [2.45, 2.75) is 6.42 Å². The van der Waals surface area contributed by atoms with E-state index in [2.05, 4.69) is 19.1 Å². The molecule has 1 heteroatoms. The topological polar surface area (TPSA) is 0 Å². The standard InChI is InChI=1S/C7H7.C5H5.Zr/c1-7-5-3-2-4-6-7;1-2-4-5-3-1;/h2-6H,1H2;1-3H,4H2;/q2*-1;+2. The van der Waals surface area contributed by atoms with Gasteiger partial charge < -0.3 is 0 Å². The Morgan fingerprint density at radius 1 is 1.15 bits per heavy atom. The van der Waals surface area contributed by atoms with E-state index in [1.807, 2.05) is 42.5 Å². The molecule has 0 heterocycles. The molecule has 1 aliphatic carbocycles. The molecule has 1 aromatic carbocycles. The Morgan fingerprint density at radius 3 is 2.08 bits per heavy atom. The molecular weight excluding hydrogens is 235 g/mol. The normalized spacial score (nSPS) is 11.4. The molecule has 0 atom stereocenters. The van der Waals surface area contributed by atoms with Gasteiger partial charge in [0.15, 0.2) is 0 Å². The van der Waals surface area contributed by atoms with Gasteiger partial charge in [-0.3, -0.25) is 6.08 Å². The fourth-order valence-electron chi connectivity index (χ4n) is 0.818. The van der Waals surface area contributed by atoms with Gasteiger partial charge in [-0.25, -0.2) is 12.2 Å². The monoisotopic (exact) mass is 246 g/mol. The first-order chi connectivity index (χ1) is 5.89. The zero-order valence-corrected chi connectivity index (χ0v) is 9.99. The van der Waals surface area contributed by atoms with Crippen molar-refractivity contribution in [1.29, 1.82) is 0 Å². The average molecular weight is 247 g/mol. The molecule has 0 nitrogen and oxygen atoms in total. The molecule has 0 aliphatic heterocycles. The largest absolute Gasteiger partial charge is 2.00 e. The number of allylic oxidation sites excluding steroid dienone is 4. The van der Waals surface area contributed by atoms with Crippen molar-refractivity contribution in [3.05, 3.63) is 67.1 Å². The van der Waals surface area contributed by atoms with Gasteiger partial charge in [-0.2, -0.15) is 30.7 Å². The fourth-order valence-corrected chi connectivity index (χ4v) is 0.818.